The van der Waals surface area contributed by atoms with E-state index in [1.807, 2.05) is 39.0 Å². The summed E-state index contributed by atoms with van der Waals surface area (Å²) in [5.41, 5.74) is 3.74. The number of amides is 1. The first-order valence-corrected chi connectivity index (χ1v) is 12.9. The van der Waals surface area contributed by atoms with Gasteiger partial charge in [-0.1, -0.05) is 60.5 Å². The number of carbonyl (C=O) groups excluding carboxylic acids is 1. The Morgan fingerprint density at radius 3 is 2.49 bits per heavy atom. The van der Waals surface area contributed by atoms with Gasteiger partial charge in [-0.3, -0.25) is 4.79 Å². The van der Waals surface area contributed by atoms with Crippen molar-refractivity contribution in [3.63, 3.8) is 0 Å². The fourth-order valence-electron chi connectivity index (χ4n) is 5.00. The van der Waals surface area contributed by atoms with Gasteiger partial charge in [-0.25, -0.2) is 9.18 Å². The Balaban J connectivity index is 2.03. The number of hydrogen-bond donors (Lipinski definition) is 2. The molecule has 3 unspecified atom stereocenters. The molecule has 0 spiro atoms. The van der Waals surface area contributed by atoms with Crippen LogP contribution in [0.2, 0.25) is 5.02 Å². The van der Waals surface area contributed by atoms with E-state index in [9.17, 15) is 19.1 Å². The molecule has 0 aliphatic heterocycles. The molecule has 7 heteroatoms. The summed E-state index contributed by atoms with van der Waals surface area (Å²) < 4.78 is 14.8. The van der Waals surface area contributed by atoms with Gasteiger partial charge in [0, 0.05) is 29.8 Å². The van der Waals surface area contributed by atoms with Gasteiger partial charge in [0.15, 0.2) is 0 Å². The third-order valence-corrected chi connectivity index (χ3v) is 7.84. The summed E-state index contributed by atoms with van der Waals surface area (Å²) in [6.07, 6.45) is 3.17. The number of likely N-dealkylation sites (N-methyl/N-ethyl adjacent to an activating group) is 1. The number of nitrogens with zero attached hydrogens (tertiary/aromatic N) is 1. The number of allylic oxidation sites excluding steroid dienone is 2. The summed E-state index contributed by atoms with van der Waals surface area (Å²) in [7, 11) is 1.50. The molecule has 2 N–H and O–H groups in total. The first-order valence-electron chi connectivity index (χ1n) is 12.6. The van der Waals surface area contributed by atoms with Gasteiger partial charge in [0.05, 0.1) is 5.54 Å². The van der Waals surface area contributed by atoms with Gasteiger partial charge in [-0.05, 0) is 75.3 Å². The van der Waals surface area contributed by atoms with Gasteiger partial charge in [-0.2, -0.15) is 0 Å². The molecule has 2 aromatic rings. The lowest BCUT2D eigenvalue weighted by atomic mass is 9.76. The van der Waals surface area contributed by atoms with E-state index in [0.29, 0.717) is 29.1 Å². The van der Waals surface area contributed by atoms with Crippen LogP contribution in [0.4, 0.5) is 4.39 Å². The Kier molecular flexibility index (Phi) is 8.98. The number of aliphatic carboxylic acids is 1. The van der Waals surface area contributed by atoms with E-state index in [1.165, 1.54) is 24.9 Å². The van der Waals surface area contributed by atoms with Crippen molar-refractivity contribution < 1.29 is 19.1 Å². The number of carboxylic acids is 1. The normalized spacial score (nSPS) is 19.3. The second kappa shape index (κ2) is 11.6. The lowest BCUT2D eigenvalue weighted by molar-refractivity contribution is -0.147. The van der Waals surface area contributed by atoms with E-state index in [-0.39, 0.29) is 17.6 Å². The maximum absolute atomic E-state index is 14.8. The van der Waals surface area contributed by atoms with E-state index < -0.39 is 17.6 Å². The summed E-state index contributed by atoms with van der Waals surface area (Å²) in [5, 5.41) is 13.8. The van der Waals surface area contributed by atoms with Crippen LogP contribution in [0.1, 0.15) is 63.1 Å². The molecule has 3 rings (SSSR count). The van der Waals surface area contributed by atoms with Crippen molar-refractivity contribution in [2.45, 2.75) is 65.0 Å². The number of aryl methyl sites for hydroxylation is 1. The van der Waals surface area contributed by atoms with Gasteiger partial charge < -0.3 is 15.3 Å². The first kappa shape index (κ1) is 28.6. The zero-order chi connectivity index (χ0) is 27.5. The maximum atomic E-state index is 14.8. The van der Waals surface area contributed by atoms with Gasteiger partial charge in [-0.15, -0.1) is 0 Å². The zero-order valence-electron chi connectivity index (χ0n) is 22.4. The maximum Gasteiger partial charge on any atom is 0.326 e. The molecule has 0 aromatic heterocycles. The largest absolute Gasteiger partial charge is 0.480 e. The van der Waals surface area contributed by atoms with Crippen molar-refractivity contribution in [3.05, 3.63) is 87.2 Å². The highest BCUT2D eigenvalue weighted by Crippen LogP contribution is 2.39. The van der Waals surface area contributed by atoms with Crippen molar-refractivity contribution in [3.8, 4) is 0 Å². The number of carbonyl (C=O) groups is 2. The molecule has 0 saturated carbocycles. The van der Waals surface area contributed by atoms with Crippen LogP contribution in [0.15, 0.2) is 59.7 Å². The first-order chi connectivity index (χ1) is 17.4. The van der Waals surface area contributed by atoms with Crippen LogP contribution in [0.5, 0.6) is 0 Å². The third kappa shape index (κ3) is 6.13. The lowest BCUT2D eigenvalue weighted by Crippen LogP contribution is -2.52. The predicted molar refractivity (Wildman–Crippen MR) is 147 cm³/mol. The van der Waals surface area contributed by atoms with Crippen LogP contribution in [0, 0.1) is 12.7 Å². The molecule has 0 bridgehead atoms. The highest BCUT2D eigenvalue weighted by atomic mass is 35.5. The van der Waals surface area contributed by atoms with Gasteiger partial charge >= 0.3 is 5.97 Å². The average Bonchev–Trinajstić information content (AvgIpc) is 2.85. The van der Waals surface area contributed by atoms with Crippen LogP contribution in [0.3, 0.4) is 0 Å². The molecular weight excluding hydrogens is 491 g/mol. The highest BCUT2D eigenvalue weighted by Gasteiger charge is 2.40. The Hall–Kier alpha value is -2.96. The smallest absolute Gasteiger partial charge is 0.326 e. The average molecular weight is 527 g/mol. The van der Waals surface area contributed by atoms with E-state index in [4.69, 9.17) is 11.6 Å². The number of hydrogen-bond acceptors (Lipinski definition) is 3. The molecular formula is C30H36ClFN2O3. The molecule has 1 aliphatic carbocycles. The van der Waals surface area contributed by atoms with Crippen molar-refractivity contribution in [1.29, 1.82) is 0 Å². The van der Waals surface area contributed by atoms with Crippen LogP contribution in [-0.4, -0.2) is 47.1 Å². The number of nitrogens with one attached hydrogen (secondary N) is 1. The molecule has 5 nitrogen and oxygen atoms in total. The fraction of sp³-hybridized carbons (Fsp3) is 0.400. The number of halogens is 2. The lowest BCUT2D eigenvalue weighted by Gasteiger charge is -2.39. The molecule has 0 heterocycles. The predicted octanol–water partition coefficient (Wildman–Crippen LogP) is 6.36. The molecule has 0 saturated heterocycles. The van der Waals surface area contributed by atoms with Crippen LogP contribution in [-0.2, 0) is 9.59 Å². The van der Waals surface area contributed by atoms with Crippen molar-refractivity contribution >= 4 is 29.1 Å². The number of carboxylic acid groups (broad SMARTS) is 1. The summed E-state index contributed by atoms with van der Waals surface area (Å²) in [6, 6.07) is 11.6. The van der Waals surface area contributed by atoms with Gasteiger partial charge in [0.1, 0.15) is 11.9 Å². The topological polar surface area (TPSA) is 69.6 Å². The fourth-order valence-corrected chi connectivity index (χ4v) is 5.12. The van der Waals surface area contributed by atoms with Crippen LogP contribution >= 0.6 is 11.6 Å². The molecule has 2 aromatic carbocycles. The second-order valence-corrected chi connectivity index (χ2v) is 10.5. The molecule has 1 amide bonds. The standard InChI is InChI=1S/C30H36ClFN2O3/c1-7-21(22-12-13-25(31)18(2)14-22)17-33-30(5)16-23(24-10-8-9-11-26(24)32)15-19(3)27(30)28(35)34(6)20(4)29(36)37/h8-14,16,20-21,33H,7,15,17H2,1-6H3,(H,36,37). The Morgan fingerprint density at radius 1 is 1.22 bits per heavy atom. The molecule has 37 heavy (non-hydrogen) atoms. The minimum absolute atomic E-state index is 0.146. The Morgan fingerprint density at radius 2 is 1.89 bits per heavy atom. The van der Waals surface area contributed by atoms with Crippen molar-refractivity contribution in [2.24, 2.45) is 0 Å². The van der Waals surface area contributed by atoms with Gasteiger partial charge in [0.2, 0.25) is 0 Å². The van der Waals surface area contributed by atoms with Gasteiger partial charge in [0.25, 0.3) is 5.91 Å². The SMILES string of the molecule is CCC(CNC1(C)C=C(c2ccccc2F)CC(C)=C1C(=O)N(C)C(C)C(=O)O)c1ccc(Cl)c(C)c1. The minimum atomic E-state index is -1.08. The summed E-state index contributed by atoms with van der Waals surface area (Å²) in [5.74, 6) is -1.61. The monoisotopic (exact) mass is 526 g/mol. The van der Waals surface area contributed by atoms with E-state index in [0.717, 1.165) is 28.7 Å². The highest BCUT2D eigenvalue weighted by molar-refractivity contribution is 6.31. The summed E-state index contributed by atoms with van der Waals surface area (Å²) in [4.78, 5) is 26.6. The Bertz CT molecular complexity index is 1260. The van der Waals surface area contributed by atoms with E-state index in [2.05, 4.69) is 18.3 Å². The second-order valence-electron chi connectivity index (χ2n) is 10.1. The van der Waals surface area contributed by atoms with Crippen LogP contribution < -0.4 is 5.32 Å². The third-order valence-electron chi connectivity index (χ3n) is 7.42. The van der Waals surface area contributed by atoms with Crippen molar-refractivity contribution in [2.75, 3.05) is 13.6 Å². The molecule has 0 fully saturated rings. The molecule has 0 radical (unpaired) electrons. The quantitative estimate of drug-likeness (QED) is 0.398. The number of benzene rings is 2. The summed E-state index contributed by atoms with van der Waals surface area (Å²) in [6.45, 7) is 9.89. The molecule has 3 atom stereocenters. The summed E-state index contributed by atoms with van der Waals surface area (Å²) >= 11 is 6.24. The number of rotatable bonds is 9. The van der Waals surface area contributed by atoms with Crippen molar-refractivity contribution in [1.82, 2.24) is 10.2 Å². The molecule has 198 valence electrons. The Labute approximate surface area is 224 Å². The zero-order valence-corrected chi connectivity index (χ0v) is 23.1. The van der Waals surface area contributed by atoms with E-state index >= 15 is 0 Å². The van der Waals surface area contributed by atoms with Crippen LogP contribution in [0.25, 0.3) is 5.57 Å². The van der Waals surface area contributed by atoms with E-state index in [1.54, 1.807) is 18.2 Å². The molecule has 1 aliphatic rings. The minimum Gasteiger partial charge on any atom is -0.480 e.